The number of nitrogens with zero attached hydrogens (tertiary/aromatic N) is 1. The van der Waals surface area contributed by atoms with Crippen molar-refractivity contribution in [2.24, 2.45) is 0 Å². The minimum absolute atomic E-state index is 0.0596. The Bertz CT molecular complexity index is 492. The molecule has 110 valence electrons. The Morgan fingerprint density at radius 2 is 2.30 bits per heavy atom. The molecule has 0 bridgehead atoms. The van der Waals surface area contributed by atoms with E-state index in [1.54, 1.807) is 16.7 Å². The van der Waals surface area contributed by atoms with Crippen molar-refractivity contribution in [3.8, 4) is 0 Å². The van der Waals surface area contributed by atoms with Crippen LogP contribution in [0.2, 0.25) is 0 Å². The van der Waals surface area contributed by atoms with Crippen LogP contribution in [0.15, 0.2) is 10.5 Å². The van der Waals surface area contributed by atoms with Gasteiger partial charge in [-0.25, -0.2) is 0 Å². The Balaban J connectivity index is 2.15. The van der Waals surface area contributed by atoms with Crippen LogP contribution in [-0.2, 0) is 14.3 Å². The van der Waals surface area contributed by atoms with Gasteiger partial charge in [-0.3, -0.25) is 9.59 Å². The number of methoxy groups -OCH3 is 1. The first-order valence-electron chi connectivity index (χ1n) is 6.57. The van der Waals surface area contributed by atoms with Gasteiger partial charge in [-0.1, -0.05) is 0 Å². The molecule has 20 heavy (non-hydrogen) atoms. The number of aryl methyl sites for hydroxylation is 2. The van der Waals surface area contributed by atoms with Gasteiger partial charge in [0, 0.05) is 18.7 Å². The van der Waals surface area contributed by atoms with Crippen molar-refractivity contribution in [2.75, 3.05) is 19.4 Å². The molecular formula is C14H19NO4S. The number of amides is 1. The Labute approximate surface area is 122 Å². The molecule has 5 nitrogen and oxygen atoms in total. The molecule has 0 aromatic carbocycles. The zero-order valence-electron chi connectivity index (χ0n) is 12.0. The molecule has 0 spiro atoms. The molecule has 1 unspecified atom stereocenters. The van der Waals surface area contributed by atoms with Gasteiger partial charge in [-0.15, -0.1) is 11.8 Å². The van der Waals surface area contributed by atoms with Gasteiger partial charge in [0.1, 0.15) is 16.9 Å². The third-order valence-corrected chi connectivity index (χ3v) is 4.65. The molecule has 1 amide bonds. The van der Waals surface area contributed by atoms with E-state index >= 15 is 0 Å². The maximum absolute atomic E-state index is 12.1. The summed E-state index contributed by atoms with van der Waals surface area (Å²) in [5.41, 5.74) is 1.08. The largest absolute Gasteiger partial charge is 0.469 e. The smallest absolute Gasteiger partial charge is 0.307 e. The zero-order chi connectivity index (χ0) is 14.7. The standard InChI is InChI=1S/C14H19NO4S/c1-9-8-11(19-10(9)2)14-15(6-4-13(17)18-3)12(16)5-7-20-14/h8,14H,4-7H2,1-3H3. The summed E-state index contributed by atoms with van der Waals surface area (Å²) in [6, 6.07) is 1.97. The quantitative estimate of drug-likeness (QED) is 0.799. The van der Waals surface area contributed by atoms with Gasteiger partial charge in [0.25, 0.3) is 0 Å². The lowest BCUT2D eigenvalue weighted by Gasteiger charge is -2.33. The number of carbonyl (C=O) groups is 2. The molecule has 1 aliphatic rings. The number of hydrogen-bond acceptors (Lipinski definition) is 5. The zero-order valence-corrected chi connectivity index (χ0v) is 12.8. The molecule has 0 aliphatic carbocycles. The van der Waals surface area contributed by atoms with E-state index in [0.717, 1.165) is 22.8 Å². The summed E-state index contributed by atoms with van der Waals surface area (Å²) in [4.78, 5) is 25.1. The predicted octanol–water partition coefficient (Wildman–Crippen LogP) is 2.42. The summed E-state index contributed by atoms with van der Waals surface area (Å²) in [6.45, 7) is 4.26. The second-order valence-corrected chi connectivity index (χ2v) is 5.96. The van der Waals surface area contributed by atoms with Crippen LogP contribution in [0, 0.1) is 13.8 Å². The van der Waals surface area contributed by atoms with Crippen molar-refractivity contribution in [2.45, 2.75) is 32.1 Å². The SMILES string of the molecule is COC(=O)CCN1C(=O)CCSC1c1cc(C)c(C)o1. The van der Waals surface area contributed by atoms with Crippen LogP contribution in [0.4, 0.5) is 0 Å². The molecule has 2 rings (SSSR count). The number of esters is 1. The molecule has 1 aromatic rings. The van der Waals surface area contributed by atoms with Crippen LogP contribution < -0.4 is 0 Å². The van der Waals surface area contributed by atoms with Gasteiger partial charge in [-0.2, -0.15) is 0 Å². The maximum atomic E-state index is 12.1. The third kappa shape index (κ3) is 3.17. The molecular weight excluding hydrogens is 278 g/mol. The van der Waals surface area contributed by atoms with Crippen LogP contribution in [0.5, 0.6) is 0 Å². The van der Waals surface area contributed by atoms with Crippen molar-refractivity contribution >= 4 is 23.6 Å². The summed E-state index contributed by atoms with van der Waals surface area (Å²) >= 11 is 1.67. The van der Waals surface area contributed by atoms with Crippen LogP contribution >= 0.6 is 11.8 Å². The van der Waals surface area contributed by atoms with Crippen LogP contribution in [0.25, 0.3) is 0 Å². The minimum atomic E-state index is -0.307. The third-order valence-electron chi connectivity index (χ3n) is 3.41. The number of rotatable bonds is 4. The van der Waals surface area contributed by atoms with Gasteiger partial charge < -0.3 is 14.1 Å². The first kappa shape index (κ1) is 15.0. The lowest BCUT2D eigenvalue weighted by molar-refractivity contribution is -0.142. The monoisotopic (exact) mass is 297 g/mol. The van der Waals surface area contributed by atoms with Gasteiger partial charge in [0.2, 0.25) is 5.91 Å². The maximum Gasteiger partial charge on any atom is 0.307 e. The second-order valence-electron chi connectivity index (χ2n) is 4.77. The first-order valence-corrected chi connectivity index (χ1v) is 7.62. The number of hydrogen-bond donors (Lipinski definition) is 0. The minimum Gasteiger partial charge on any atom is -0.469 e. The highest BCUT2D eigenvalue weighted by molar-refractivity contribution is 7.99. The first-order chi connectivity index (χ1) is 9.52. The second kappa shape index (κ2) is 6.35. The molecule has 1 fully saturated rings. The molecule has 1 atom stereocenters. The molecule has 0 saturated carbocycles. The van der Waals surface area contributed by atoms with Crippen molar-refractivity contribution in [3.63, 3.8) is 0 Å². The van der Waals surface area contributed by atoms with E-state index < -0.39 is 0 Å². The van der Waals surface area contributed by atoms with Crippen LogP contribution in [0.1, 0.15) is 35.3 Å². The lowest BCUT2D eigenvalue weighted by Crippen LogP contribution is -2.38. The van der Waals surface area contributed by atoms with Crippen molar-refractivity contribution < 1.29 is 18.7 Å². The molecule has 2 heterocycles. The van der Waals surface area contributed by atoms with Gasteiger partial charge in [0.15, 0.2) is 0 Å². The van der Waals surface area contributed by atoms with E-state index in [4.69, 9.17) is 4.42 Å². The molecule has 1 aliphatic heterocycles. The highest BCUT2D eigenvalue weighted by Crippen LogP contribution is 2.38. The number of thioether (sulfide) groups is 1. The van der Waals surface area contributed by atoms with Gasteiger partial charge in [0.05, 0.1) is 13.5 Å². The molecule has 0 radical (unpaired) electrons. The van der Waals surface area contributed by atoms with Crippen molar-refractivity contribution in [1.82, 2.24) is 4.90 Å². The van der Waals surface area contributed by atoms with E-state index in [9.17, 15) is 9.59 Å². The highest BCUT2D eigenvalue weighted by Gasteiger charge is 2.32. The van der Waals surface area contributed by atoms with Crippen molar-refractivity contribution in [3.05, 3.63) is 23.2 Å². The van der Waals surface area contributed by atoms with E-state index in [0.29, 0.717) is 13.0 Å². The Kier molecular flexibility index (Phi) is 4.75. The van der Waals surface area contributed by atoms with Crippen LogP contribution in [0.3, 0.4) is 0 Å². The fourth-order valence-corrected chi connectivity index (χ4v) is 3.34. The van der Waals surface area contributed by atoms with Crippen LogP contribution in [-0.4, -0.2) is 36.2 Å². The van der Waals surface area contributed by atoms with E-state index in [1.165, 1.54) is 7.11 Å². The predicted molar refractivity (Wildman–Crippen MR) is 76.3 cm³/mol. The summed E-state index contributed by atoms with van der Waals surface area (Å²) in [5, 5.41) is -0.145. The van der Waals surface area contributed by atoms with E-state index in [2.05, 4.69) is 4.74 Å². The Morgan fingerprint density at radius 1 is 1.55 bits per heavy atom. The lowest BCUT2D eigenvalue weighted by atomic mass is 10.2. The summed E-state index contributed by atoms with van der Waals surface area (Å²) in [5.74, 6) is 2.18. The molecule has 1 saturated heterocycles. The molecule has 0 N–H and O–H groups in total. The van der Waals surface area contributed by atoms with E-state index in [-0.39, 0.29) is 23.7 Å². The molecule has 6 heteroatoms. The summed E-state index contributed by atoms with van der Waals surface area (Å²) in [7, 11) is 1.35. The number of ether oxygens (including phenoxy) is 1. The summed E-state index contributed by atoms with van der Waals surface area (Å²) < 4.78 is 10.4. The molecule has 1 aromatic heterocycles. The number of carbonyl (C=O) groups excluding carboxylic acids is 2. The Morgan fingerprint density at radius 3 is 2.90 bits per heavy atom. The summed E-state index contributed by atoms with van der Waals surface area (Å²) in [6.07, 6.45) is 0.707. The average Bonchev–Trinajstić information content (AvgIpc) is 2.76. The normalized spacial score (nSPS) is 19.2. The Hall–Kier alpha value is -1.43. The van der Waals surface area contributed by atoms with Gasteiger partial charge in [-0.05, 0) is 25.5 Å². The topological polar surface area (TPSA) is 59.8 Å². The highest BCUT2D eigenvalue weighted by atomic mass is 32.2. The number of furan rings is 1. The average molecular weight is 297 g/mol. The van der Waals surface area contributed by atoms with E-state index in [1.807, 2.05) is 19.9 Å². The fourth-order valence-electron chi connectivity index (χ4n) is 2.14. The fraction of sp³-hybridized carbons (Fsp3) is 0.571. The van der Waals surface area contributed by atoms with Crippen molar-refractivity contribution in [1.29, 1.82) is 0 Å². The van der Waals surface area contributed by atoms with Gasteiger partial charge >= 0.3 is 5.97 Å².